The van der Waals surface area contributed by atoms with E-state index in [0.29, 0.717) is 5.82 Å². The molecule has 2 heterocycles. The van der Waals surface area contributed by atoms with Gasteiger partial charge in [0.15, 0.2) is 0 Å². The number of aryl methyl sites for hydroxylation is 1. The summed E-state index contributed by atoms with van der Waals surface area (Å²) in [5, 5.41) is 0. The number of imidazole rings is 1. The molecule has 0 radical (unpaired) electrons. The number of rotatable bonds is 1. The van der Waals surface area contributed by atoms with E-state index in [1.165, 1.54) is 0 Å². The maximum Gasteiger partial charge on any atom is 0.221 e. The number of nitrogens with zero attached hydrogens (tertiary/aromatic N) is 3. The van der Waals surface area contributed by atoms with Crippen molar-refractivity contribution in [3.05, 3.63) is 30.2 Å². The van der Waals surface area contributed by atoms with Crippen LogP contribution in [-0.2, 0) is 0 Å². The van der Waals surface area contributed by atoms with Gasteiger partial charge in [0.05, 0.1) is 11.0 Å². The number of hydrogen-bond acceptors (Lipinski definition) is 5. The van der Waals surface area contributed by atoms with Crippen LogP contribution in [0.5, 0.6) is 0 Å². The molecule has 3 rings (SSSR count). The van der Waals surface area contributed by atoms with E-state index in [4.69, 9.17) is 11.5 Å². The second-order valence-corrected chi connectivity index (χ2v) is 4.08. The average Bonchev–Trinajstić information content (AvgIpc) is 2.68. The van der Waals surface area contributed by atoms with Crippen LogP contribution in [0.4, 0.5) is 11.8 Å². The smallest absolute Gasteiger partial charge is 0.221 e. The van der Waals surface area contributed by atoms with E-state index in [1.807, 2.05) is 25.1 Å². The van der Waals surface area contributed by atoms with Gasteiger partial charge in [0.1, 0.15) is 11.6 Å². The molecule has 0 fully saturated rings. The predicted octanol–water partition coefficient (Wildman–Crippen LogP) is 1.49. The van der Waals surface area contributed by atoms with Crippen molar-refractivity contribution in [2.24, 2.45) is 0 Å². The number of fused-ring (bicyclic) bond motifs is 1. The number of aromatic nitrogens is 4. The molecule has 0 amide bonds. The minimum Gasteiger partial charge on any atom is -0.383 e. The Kier molecular flexibility index (Phi) is 2.16. The number of benzene rings is 1. The fourth-order valence-corrected chi connectivity index (χ4v) is 1.94. The number of aromatic amines is 1. The Labute approximate surface area is 103 Å². The van der Waals surface area contributed by atoms with E-state index < -0.39 is 0 Å². The molecule has 0 saturated heterocycles. The second-order valence-electron chi connectivity index (χ2n) is 4.08. The summed E-state index contributed by atoms with van der Waals surface area (Å²) in [7, 11) is 0. The van der Waals surface area contributed by atoms with Crippen LogP contribution in [0.1, 0.15) is 5.82 Å². The van der Waals surface area contributed by atoms with Crippen molar-refractivity contribution in [2.45, 2.75) is 6.92 Å². The highest BCUT2D eigenvalue weighted by Crippen LogP contribution is 2.26. The fourth-order valence-electron chi connectivity index (χ4n) is 1.94. The van der Waals surface area contributed by atoms with Crippen LogP contribution >= 0.6 is 0 Å². The van der Waals surface area contributed by atoms with Crippen molar-refractivity contribution in [1.29, 1.82) is 0 Å². The summed E-state index contributed by atoms with van der Waals surface area (Å²) >= 11 is 0. The Morgan fingerprint density at radius 3 is 2.78 bits per heavy atom. The Morgan fingerprint density at radius 1 is 1.17 bits per heavy atom. The van der Waals surface area contributed by atoms with Gasteiger partial charge in [-0.3, -0.25) is 0 Å². The van der Waals surface area contributed by atoms with E-state index in [-0.39, 0.29) is 5.95 Å². The minimum absolute atomic E-state index is 0.176. The van der Waals surface area contributed by atoms with Crippen LogP contribution in [0.25, 0.3) is 22.2 Å². The average molecular weight is 240 g/mol. The van der Waals surface area contributed by atoms with Gasteiger partial charge in [-0.2, -0.15) is 4.98 Å². The number of nitrogens with two attached hydrogens (primary N) is 2. The minimum atomic E-state index is 0.176. The molecule has 2 aromatic heterocycles. The van der Waals surface area contributed by atoms with Gasteiger partial charge in [0, 0.05) is 11.8 Å². The van der Waals surface area contributed by atoms with E-state index in [0.717, 1.165) is 28.0 Å². The quantitative estimate of drug-likeness (QED) is 0.597. The number of H-pyrrole nitrogens is 1. The highest BCUT2D eigenvalue weighted by atomic mass is 15.0. The van der Waals surface area contributed by atoms with E-state index >= 15 is 0 Å². The van der Waals surface area contributed by atoms with Crippen molar-refractivity contribution < 1.29 is 0 Å². The monoisotopic (exact) mass is 240 g/mol. The zero-order valence-corrected chi connectivity index (χ0v) is 9.81. The van der Waals surface area contributed by atoms with Crippen LogP contribution in [-0.4, -0.2) is 19.9 Å². The first-order chi connectivity index (χ1) is 8.63. The molecule has 0 spiro atoms. The lowest BCUT2D eigenvalue weighted by atomic mass is 10.1. The summed E-state index contributed by atoms with van der Waals surface area (Å²) < 4.78 is 0. The summed E-state index contributed by atoms with van der Waals surface area (Å²) in [6, 6.07) is 5.85. The first-order valence-corrected chi connectivity index (χ1v) is 5.48. The molecular formula is C12H12N6. The zero-order chi connectivity index (χ0) is 12.7. The van der Waals surface area contributed by atoms with Gasteiger partial charge >= 0.3 is 0 Å². The van der Waals surface area contributed by atoms with Crippen LogP contribution in [0.3, 0.4) is 0 Å². The van der Waals surface area contributed by atoms with Gasteiger partial charge in [-0.25, -0.2) is 9.97 Å². The van der Waals surface area contributed by atoms with E-state index in [2.05, 4.69) is 19.9 Å². The normalized spacial score (nSPS) is 10.9. The number of nitrogens with one attached hydrogen (secondary N) is 1. The molecule has 0 bridgehead atoms. The topological polar surface area (TPSA) is 106 Å². The molecule has 3 aromatic rings. The van der Waals surface area contributed by atoms with Crippen molar-refractivity contribution >= 4 is 22.8 Å². The van der Waals surface area contributed by atoms with Gasteiger partial charge in [-0.15, -0.1) is 0 Å². The molecule has 0 atom stereocenters. The molecule has 0 aliphatic carbocycles. The summed E-state index contributed by atoms with van der Waals surface area (Å²) in [5.41, 5.74) is 14.9. The Bertz CT molecular complexity index is 731. The van der Waals surface area contributed by atoms with Crippen LogP contribution < -0.4 is 11.5 Å². The molecule has 0 saturated carbocycles. The summed E-state index contributed by atoms with van der Waals surface area (Å²) in [4.78, 5) is 15.4. The van der Waals surface area contributed by atoms with Gasteiger partial charge in [-0.1, -0.05) is 6.07 Å². The maximum absolute atomic E-state index is 5.85. The van der Waals surface area contributed by atoms with Gasteiger partial charge in [0.2, 0.25) is 5.95 Å². The first-order valence-electron chi connectivity index (χ1n) is 5.48. The van der Waals surface area contributed by atoms with Gasteiger partial charge in [0.25, 0.3) is 0 Å². The second kappa shape index (κ2) is 3.69. The zero-order valence-electron chi connectivity index (χ0n) is 9.81. The Hall–Kier alpha value is -2.63. The fraction of sp³-hybridized carbons (Fsp3) is 0.0833. The molecule has 18 heavy (non-hydrogen) atoms. The third-order valence-corrected chi connectivity index (χ3v) is 2.75. The largest absolute Gasteiger partial charge is 0.383 e. The summed E-state index contributed by atoms with van der Waals surface area (Å²) in [5.74, 6) is 1.43. The highest BCUT2D eigenvalue weighted by molar-refractivity contribution is 5.84. The molecule has 0 aliphatic rings. The van der Waals surface area contributed by atoms with Gasteiger partial charge in [-0.05, 0) is 24.6 Å². The molecule has 5 N–H and O–H groups in total. The van der Waals surface area contributed by atoms with E-state index in [1.54, 1.807) is 6.20 Å². The SMILES string of the molecule is Cc1nc2ccc(-c3cnc(N)nc3N)cc2[nH]1. The third-order valence-electron chi connectivity index (χ3n) is 2.75. The van der Waals surface area contributed by atoms with Crippen molar-refractivity contribution in [3.8, 4) is 11.1 Å². The molecule has 6 heteroatoms. The summed E-state index contributed by atoms with van der Waals surface area (Å²) in [6.45, 7) is 1.92. The Balaban J connectivity index is 2.18. The molecule has 1 aromatic carbocycles. The van der Waals surface area contributed by atoms with E-state index in [9.17, 15) is 0 Å². The number of anilines is 2. The molecule has 0 aliphatic heterocycles. The molecule has 6 nitrogen and oxygen atoms in total. The third kappa shape index (κ3) is 1.64. The van der Waals surface area contributed by atoms with Crippen molar-refractivity contribution in [3.63, 3.8) is 0 Å². The highest BCUT2D eigenvalue weighted by Gasteiger charge is 2.07. The standard InChI is InChI=1S/C12H12N6/c1-6-16-9-3-2-7(4-10(9)17-6)8-5-15-12(14)18-11(8)13/h2-5H,1H3,(H,16,17)(H4,13,14,15,18). The lowest BCUT2D eigenvalue weighted by Gasteiger charge is -2.04. The first kappa shape index (κ1) is 10.5. The number of nitrogen functional groups attached to an aromatic ring is 2. The molecule has 0 unspecified atom stereocenters. The molecule has 90 valence electrons. The predicted molar refractivity (Wildman–Crippen MR) is 70.7 cm³/mol. The van der Waals surface area contributed by atoms with Crippen LogP contribution in [0, 0.1) is 6.92 Å². The van der Waals surface area contributed by atoms with Gasteiger partial charge < -0.3 is 16.5 Å². The van der Waals surface area contributed by atoms with Crippen LogP contribution in [0.15, 0.2) is 24.4 Å². The molecular weight excluding hydrogens is 228 g/mol. The lowest BCUT2D eigenvalue weighted by Crippen LogP contribution is -2.00. The van der Waals surface area contributed by atoms with Crippen molar-refractivity contribution in [1.82, 2.24) is 19.9 Å². The summed E-state index contributed by atoms with van der Waals surface area (Å²) in [6.07, 6.45) is 1.63. The van der Waals surface area contributed by atoms with Crippen LogP contribution in [0.2, 0.25) is 0 Å². The number of hydrogen-bond donors (Lipinski definition) is 3. The maximum atomic E-state index is 5.85. The lowest BCUT2D eigenvalue weighted by molar-refractivity contribution is 1.17. The Morgan fingerprint density at radius 2 is 2.00 bits per heavy atom. The van der Waals surface area contributed by atoms with Crippen molar-refractivity contribution in [2.75, 3.05) is 11.5 Å².